The highest BCUT2D eigenvalue weighted by Gasteiger charge is 2.35. The van der Waals surface area contributed by atoms with Crippen LogP contribution >= 0.6 is 0 Å². The molecule has 2 saturated heterocycles. The Morgan fingerprint density at radius 2 is 2.11 bits per heavy atom. The van der Waals surface area contributed by atoms with Crippen molar-refractivity contribution in [2.75, 3.05) is 63.2 Å². The number of likely N-dealkylation sites (tertiary alicyclic amines) is 1. The molecule has 8 heteroatoms. The molecule has 150 valence electrons. The average Bonchev–Trinajstić information content (AvgIpc) is 2.67. The van der Waals surface area contributed by atoms with Crippen LogP contribution in [0.25, 0.3) is 0 Å². The Hall–Kier alpha value is -1.93. The first-order valence-electron chi connectivity index (χ1n) is 9.74. The van der Waals surface area contributed by atoms with E-state index in [9.17, 15) is 9.90 Å². The van der Waals surface area contributed by atoms with Gasteiger partial charge in [-0.2, -0.15) is 4.98 Å². The van der Waals surface area contributed by atoms with Crippen LogP contribution in [0.3, 0.4) is 0 Å². The lowest BCUT2D eigenvalue weighted by Crippen LogP contribution is -2.40. The molecule has 8 nitrogen and oxygen atoms in total. The Morgan fingerprint density at radius 1 is 1.37 bits per heavy atom. The number of piperidine rings is 1. The van der Waals surface area contributed by atoms with Crippen LogP contribution in [0.1, 0.15) is 32.3 Å². The molecule has 1 aromatic heterocycles. The maximum Gasteiger partial charge on any atom is 0.313 e. The van der Waals surface area contributed by atoms with E-state index in [0.29, 0.717) is 49.6 Å². The summed E-state index contributed by atoms with van der Waals surface area (Å²) < 4.78 is 5.44. The number of aromatic nitrogens is 2. The lowest BCUT2D eigenvalue weighted by Gasteiger charge is -2.33. The molecule has 2 fully saturated rings. The topological polar surface area (TPSA) is 90.8 Å². The van der Waals surface area contributed by atoms with Gasteiger partial charge in [0.1, 0.15) is 5.82 Å². The largest absolute Gasteiger partial charge is 0.481 e. The second kappa shape index (κ2) is 8.39. The van der Waals surface area contributed by atoms with E-state index in [2.05, 4.69) is 27.1 Å². The Labute approximate surface area is 160 Å². The maximum absolute atomic E-state index is 11.8. The number of aliphatic carboxylic acids is 1. The fraction of sp³-hybridized carbons (Fsp3) is 0.737. The summed E-state index contributed by atoms with van der Waals surface area (Å²) in [6.45, 7) is 9.10. The normalized spacial score (nSPS) is 21.9. The maximum atomic E-state index is 11.8. The van der Waals surface area contributed by atoms with Gasteiger partial charge in [0.2, 0.25) is 5.95 Å². The summed E-state index contributed by atoms with van der Waals surface area (Å²) in [4.78, 5) is 25.4. The quantitative estimate of drug-likeness (QED) is 0.769. The fourth-order valence-corrected chi connectivity index (χ4v) is 3.71. The van der Waals surface area contributed by atoms with Crippen molar-refractivity contribution in [2.24, 2.45) is 5.92 Å². The van der Waals surface area contributed by atoms with E-state index in [4.69, 9.17) is 9.72 Å². The number of nitrogens with zero attached hydrogens (tertiary/aromatic N) is 4. The molecule has 0 amide bonds. The van der Waals surface area contributed by atoms with Gasteiger partial charge in [-0.05, 0) is 46.2 Å². The van der Waals surface area contributed by atoms with Crippen molar-refractivity contribution in [1.82, 2.24) is 14.9 Å². The lowest BCUT2D eigenvalue weighted by molar-refractivity contribution is -0.142. The van der Waals surface area contributed by atoms with Crippen LogP contribution in [0.4, 0.5) is 11.8 Å². The van der Waals surface area contributed by atoms with E-state index in [1.807, 2.05) is 0 Å². The van der Waals surface area contributed by atoms with Gasteiger partial charge < -0.3 is 25.0 Å². The average molecular weight is 377 g/mol. The number of rotatable bonds is 6. The number of hydrogen-bond acceptors (Lipinski definition) is 7. The van der Waals surface area contributed by atoms with Crippen LogP contribution in [0.15, 0.2) is 6.20 Å². The molecule has 1 aromatic rings. The van der Waals surface area contributed by atoms with E-state index in [-0.39, 0.29) is 0 Å². The van der Waals surface area contributed by atoms with Crippen molar-refractivity contribution < 1.29 is 14.6 Å². The minimum Gasteiger partial charge on any atom is -0.481 e. The van der Waals surface area contributed by atoms with E-state index in [1.165, 1.54) is 12.8 Å². The summed E-state index contributed by atoms with van der Waals surface area (Å²) >= 11 is 0. The van der Waals surface area contributed by atoms with Gasteiger partial charge in [-0.15, -0.1) is 0 Å². The van der Waals surface area contributed by atoms with E-state index in [0.717, 1.165) is 19.6 Å². The zero-order chi connectivity index (χ0) is 19.4. The van der Waals surface area contributed by atoms with Gasteiger partial charge in [0.05, 0.1) is 18.6 Å². The van der Waals surface area contributed by atoms with Crippen LogP contribution in [0, 0.1) is 5.92 Å². The third-order valence-corrected chi connectivity index (χ3v) is 5.56. The highest BCUT2D eigenvalue weighted by molar-refractivity contribution is 5.82. The molecule has 0 radical (unpaired) electrons. The first-order valence-corrected chi connectivity index (χ1v) is 9.74. The van der Waals surface area contributed by atoms with Gasteiger partial charge in [-0.1, -0.05) is 0 Å². The Bertz CT molecular complexity index is 661. The van der Waals surface area contributed by atoms with E-state index in [1.54, 1.807) is 20.0 Å². The van der Waals surface area contributed by atoms with Crippen molar-refractivity contribution in [2.45, 2.75) is 32.1 Å². The first-order chi connectivity index (χ1) is 12.9. The molecule has 0 aromatic carbocycles. The van der Waals surface area contributed by atoms with Crippen molar-refractivity contribution >= 4 is 17.7 Å². The molecule has 3 heterocycles. The second-order valence-corrected chi connectivity index (χ2v) is 8.11. The SMILES string of the molecule is CN1CCC[C@H](CNc2ncc(C(C)(C)C(=O)O)c(N3CCOCC3)n2)C1. The highest BCUT2D eigenvalue weighted by atomic mass is 16.5. The fourth-order valence-electron chi connectivity index (χ4n) is 3.71. The highest BCUT2D eigenvalue weighted by Crippen LogP contribution is 2.32. The van der Waals surface area contributed by atoms with Crippen molar-refractivity contribution in [3.8, 4) is 0 Å². The molecule has 3 rings (SSSR count). The summed E-state index contributed by atoms with van der Waals surface area (Å²) in [5.41, 5.74) is -0.419. The zero-order valence-corrected chi connectivity index (χ0v) is 16.6. The Kier molecular flexibility index (Phi) is 6.16. The summed E-state index contributed by atoms with van der Waals surface area (Å²) in [5, 5.41) is 13.0. The van der Waals surface area contributed by atoms with Gasteiger partial charge >= 0.3 is 5.97 Å². The number of anilines is 2. The molecule has 2 N–H and O–H groups in total. The Morgan fingerprint density at radius 3 is 2.78 bits per heavy atom. The second-order valence-electron chi connectivity index (χ2n) is 8.11. The van der Waals surface area contributed by atoms with Gasteiger partial charge in [0.15, 0.2) is 0 Å². The lowest BCUT2D eigenvalue weighted by atomic mass is 9.85. The molecule has 0 aliphatic carbocycles. The van der Waals surface area contributed by atoms with Crippen LogP contribution in [0.2, 0.25) is 0 Å². The predicted octanol–water partition coefficient (Wildman–Crippen LogP) is 1.43. The Balaban J connectivity index is 1.80. The molecule has 1 atom stereocenters. The molecule has 2 aliphatic rings. The molecule has 27 heavy (non-hydrogen) atoms. The van der Waals surface area contributed by atoms with Crippen molar-refractivity contribution in [3.63, 3.8) is 0 Å². The molecular formula is C19H31N5O3. The molecule has 2 aliphatic heterocycles. The smallest absolute Gasteiger partial charge is 0.313 e. The van der Waals surface area contributed by atoms with Gasteiger partial charge in [0.25, 0.3) is 0 Å². The van der Waals surface area contributed by atoms with Gasteiger partial charge in [0, 0.05) is 37.9 Å². The number of morpholine rings is 1. The van der Waals surface area contributed by atoms with Gasteiger partial charge in [-0.25, -0.2) is 4.98 Å². The van der Waals surface area contributed by atoms with Crippen molar-refractivity contribution in [3.05, 3.63) is 11.8 Å². The van der Waals surface area contributed by atoms with Crippen LogP contribution in [-0.4, -0.2) is 78.9 Å². The third-order valence-electron chi connectivity index (χ3n) is 5.56. The number of nitrogens with one attached hydrogen (secondary N) is 1. The monoisotopic (exact) mass is 377 g/mol. The third kappa shape index (κ3) is 4.68. The summed E-state index contributed by atoms with van der Waals surface area (Å²) in [6, 6.07) is 0. The van der Waals surface area contributed by atoms with E-state index < -0.39 is 11.4 Å². The zero-order valence-electron chi connectivity index (χ0n) is 16.6. The van der Waals surface area contributed by atoms with Crippen molar-refractivity contribution in [1.29, 1.82) is 0 Å². The van der Waals surface area contributed by atoms with Crippen LogP contribution in [0.5, 0.6) is 0 Å². The minimum atomic E-state index is -1.06. The van der Waals surface area contributed by atoms with E-state index >= 15 is 0 Å². The summed E-state index contributed by atoms with van der Waals surface area (Å²) in [5.74, 6) is 0.958. The molecule has 0 saturated carbocycles. The summed E-state index contributed by atoms with van der Waals surface area (Å²) in [7, 11) is 2.15. The molecule has 0 bridgehead atoms. The number of carboxylic acids is 1. The number of hydrogen-bond donors (Lipinski definition) is 2. The molecular weight excluding hydrogens is 346 g/mol. The molecule has 0 spiro atoms. The van der Waals surface area contributed by atoms with Crippen LogP contribution in [-0.2, 0) is 14.9 Å². The number of carbonyl (C=O) groups is 1. The summed E-state index contributed by atoms with van der Waals surface area (Å²) in [6.07, 6.45) is 4.09. The number of carboxylic acid groups (broad SMARTS) is 1. The van der Waals surface area contributed by atoms with Crippen LogP contribution < -0.4 is 10.2 Å². The standard InChI is InChI=1S/C19H31N5O3/c1-19(2,17(25)26)15-12-21-18(20-11-14-5-4-6-23(3)13-14)22-16(15)24-7-9-27-10-8-24/h12,14H,4-11,13H2,1-3H3,(H,25,26)(H,20,21,22)/t14-/m1/s1. The molecule has 0 unspecified atom stereocenters. The van der Waals surface area contributed by atoms with Gasteiger partial charge in [-0.3, -0.25) is 4.79 Å². The number of ether oxygens (including phenoxy) is 1. The first kappa shape index (κ1) is 19.8. The minimum absolute atomic E-state index is 0.564. The predicted molar refractivity (Wildman–Crippen MR) is 104 cm³/mol.